The maximum Gasteiger partial charge on any atom is 0.337 e. The normalized spacial score (nSPS) is 13.2. The number of hydrogen-bond acceptors (Lipinski definition) is 5. The Kier molecular flexibility index (Phi) is 5.23. The fraction of sp³-hybridized carbons (Fsp3) is 0.176. The zero-order chi connectivity index (χ0) is 17.9. The van der Waals surface area contributed by atoms with Gasteiger partial charge in [-0.25, -0.2) is 4.79 Å². The third kappa shape index (κ3) is 3.26. The fourth-order valence-corrected chi connectivity index (χ4v) is 2.63. The Morgan fingerprint density at radius 2 is 1.71 bits per heavy atom. The number of hydroxylamine groups is 1. The highest BCUT2D eigenvalue weighted by atomic mass is 35.5. The third-order valence-corrected chi connectivity index (χ3v) is 4.30. The number of nitrogens with one attached hydrogen (secondary N) is 2. The molecule has 0 spiro atoms. The number of anilines is 2. The predicted molar refractivity (Wildman–Crippen MR) is 91.1 cm³/mol. The molecule has 1 unspecified atom stereocenters. The molecule has 2 rings (SSSR count). The van der Waals surface area contributed by atoms with Crippen LogP contribution in [0.1, 0.15) is 29.8 Å². The molecular weight excluding hydrogens is 332 g/mol. The van der Waals surface area contributed by atoms with Crippen LogP contribution in [0.2, 0.25) is 5.02 Å². The van der Waals surface area contributed by atoms with Crippen molar-refractivity contribution in [2.75, 3.05) is 5.32 Å². The van der Waals surface area contributed by atoms with E-state index in [4.69, 9.17) is 11.6 Å². The minimum absolute atomic E-state index is 0.0913. The average molecular weight is 349 g/mol. The lowest BCUT2D eigenvalue weighted by molar-refractivity contribution is -0.127. The van der Waals surface area contributed by atoms with Crippen LogP contribution in [0.3, 0.4) is 0 Å². The summed E-state index contributed by atoms with van der Waals surface area (Å²) in [5.74, 6) is -1.40. The highest BCUT2D eigenvalue weighted by Gasteiger charge is 2.34. The van der Waals surface area contributed by atoms with Gasteiger partial charge in [-0.2, -0.15) is 5.48 Å². The van der Waals surface area contributed by atoms with Crippen LogP contribution in [0.25, 0.3) is 0 Å². The molecule has 0 aliphatic heterocycles. The van der Waals surface area contributed by atoms with E-state index in [9.17, 15) is 19.9 Å². The maximum atomic E-state index is 11.9. The van der Waals surface area contributed by atoms with Crippen molar-refractivity contribution in [1.82, 2.24) is 5.48 Å². The lowest BCUT2D eigenvalue weighted by Crippen LogP contribution is -2.44. The average Bonchev–Trinajstić information content (AvgIpc) is 2.56. The molecule has 0 fully saturated rings. The molecule has 4 N–H and O–H groups in total. The van der Waals surface area contributed by atoms with Gasteiger partial charge in [0.1, 0.15) is 5.54 Å². The SMILES string of the molecule is CC(=O)C(C)(NO)c1cccc(Nc2ccccc2C(=O)O)c1Cl. The van der Waals surface area contributed by atoms with Crippen molar-refractivity contribution in [2.24, 2.45) is 0 Å². The summed E-state index contributed by atoms with van der Waals surface area (Å²) in [4.78, 5) is 23.2. The number of halogens is 1. The second-order valence-electron chi connectivity index (χ2n) is 5.44. The van der Waals surface area contributed by atoms with E-state index in [1.807, 2.05) is 5.48 Å². The Balaban J connectivity index is 2.50. The molecular formula is C17H17ClN2O4. The van der Waals surface area contributed by atoms with Crippen LogP contribution in [-0.2, 0) is 10.3 Å². The van der Waals surface area contributed by atoms with Gasteiger partial charge in [0.25, 0.3) is 0 Å². The first-order valence-corrected chi connectivity index (χ1v) is 7.49. The number of Topliss-reactive ketones (excluding diaryl/α,β-unsaturated/α-hetero) is 1. The summed E-state index contributed by atoms with van der Waals surface area (Å²) in [6, 6.07) is 11.3. The maximum absolute atomic E-state index is 11.9. The zero-order valence-electron chi connectivity index (χ0n) is 13.1. The molecule has 6 nitrogen and oxygen atoms in total. The van der Waals surface area contributed by atoms with Gasteiger partial charge in [0.15, 0.2) is 5.78 Å². The van der Waals surface area contributed by atoms with Gasteiger partial charge in [-0.1, -0.05) is 35.9 Å². The lowest BCUT2D eigenvalue weighted by atomic mass is 9.88. The van der Waals surface area contributed by atoms with Crippen LogP contribution in [0.15, 0.2) is 42.5 Å². The molecule has 126 valence electrons. The summed E-state index contributed by atoms with van der Waals surface area (Å²) in [6.45, 7) is 2.84. The topological polar surface area (TPSA) is 98.7 Å². The molecule has 1 atom stereocenters. The van der Waals surface area contributed by atoms with E-state index in [2.05, 4.69) is 5.32 Å². The van der Waals surface area contributed by atoms with E-state index in [1.165, 1.54) is 19.9 Å². The van der Waals surface area contributed by atoms with Gasteiger partial charge in [0.05, 0.1) is 22.0 Å². The first kappa shape index (κ1) is 17.9. The lowest BCUT2D eigenvalue weighted by Gasteiger charge is -2.27. The van der Waals surface area contributed by atoms with Gasteiger partial charge in [-0.15, -0.1) is 0 Å². The van der Waals surface area contributed by atoms with Gasteiger partial charge in [-0.3, -0.25) is 4.79 Å². The number of benzene rings is 2. The number of carboxylic acids is 1. The largest absolute Gasteiger partial charge is 0.478 e. The monoisotopic (exact) mass is 348 g/mol. The number of carbonyl (C=O) groups is 2. The highest BCUT2D eigenvalue weighted by Crippen LogP contribution is 2.35. The van der Waals surface area contributed by atoms with Crippen molar-refractivity contribution >= 4 is 34.7 Å². The van der Waals surface area contributed by atoms with E-state index in [0.29, 0.717) is 16.9 Å². The van der Waals surface area contributed by atoms with E-state index in [1.54, 1.807) is 36.4 Å². The molecule has 0 bridgehead atoms. The summed E-state index contributed by atoms with van der Waals surface area (Å²) < 4.78 is 0. The van der Waals surface area contributed by atoms with Crippen LogP contribution in [0.4, 0.5) is 11.4 Å². The van der Waals surface area contributed by atoms with Gasteiger partial charge in [0.2, 0.25) is 0 Å². The van der Waals surface area contributed by atoms with Gasteiger partial charge < -0.3 is 15.6 Å². The first-order chi connectivity index (χ1) is 11.3. The molecule has 2 aromatic rings. The molecule has 0 aromatic heterocycles. The number of hydrogen-bond donors (Lipinski definition) is 4. The summed E-state index contributed by atoms with van der Waals surface area (Å²) >= 11 is 6.38. The van der Waals surface area contributed by atoms with Crippen LogP contribution >= 0.6 is 11.6 Å². The number of carbonyl (C=O) groups excluding carboxylic acids is 1. The Bertz CT molecular complexity index is 794. The van der Waals surface area contributed by atoms with Crippen molar-refractivity contribution in [3.63, 3.8) is 0 Å². The van der Waals surface area contributed by atoms with E-state index >= 15 is 0 Å². The van der Waals surface area contributed by atoms with Crippen LogP contribution in [0, 0.1) is 0 Å². The molecule has 0 heterocycles. The number of para-hydroxylation sites is 1. The number of ketones is 1. The zero-order valence-corrected chi connectivity index (χ0v) is 13.9. The van der Waals surface area contributed by atoms with Crippen molar-refractivity contribution in [3.8, 4) is 0 Å². The Morgan fingerprint density at radius 3 is 2.29 bits per heavy atom. The molecule has 2 aromatic carbocycles. The standard InChI is InChI=1S/C17H17ClN2O4/c1-10(21)17(2,20-24)12-7-5-9-14(15(12)18)19-13-8-4-3-6-11(13)16(22)23/h3-9,19-20,24H,1-2H3,(H,22,23). The van der Waals surface area contributed by atoms with Crippen molar-refractivity contribution < 1.29 is 19.9 Å². The molecule has 7 heteroatoms. The highest BCUT2D eigenvalue weighted by molar-refractivity contribution is 6.34. The fourth-order valence-electron chi connectivity index (χ4n) is 2.27. The second-order valence-corrected chi connectivity index (χ2v) is 5.81. The van der Waals surface area contributed by atoms with E-state index in [0.717, 1.165) is 0 Å². The summed E-state index contributed by atoms with van der Waals surface area (Å²) in [6.07, 6.45) is 0. The molecule has 0 saturated carbocycles. The minimum atomic E-state index is -1.37. The van der Waals surface area contributed by atoms with Crippen LogP contribution in [-0.4, -0.2) is 22.1 Å². The Morgan fingerprint density at radius 1 is 1.08 bits per heavy atom. The second kappa shape index (κ2) is 7.00. The van der Waals surface area contributed by atoms with Crippen LogP contribution < -0.4 is 10.8 Å². The summed E-state index contributed by atoms with van der Waals surface area (Å²) in [7, 11) is 0. The molecule has 0 aliphatic carbocycles. The molecule has 0 radical (unpaired) electrons. The van der Waals surface area contributed by atoms with Gasteiger partial charge in [0, 0.05) is 5.56 Å². The molecule has 0 aliphatic rings. The van der Waals surface area contributed by atoms with Crippen LogP contribution in [0.5, 0.6) is 0 Å². The number of carboxylic acid groups (broad SMARTS) is 1. The number of rotatable bonds is 6. The van der Waals surface area contributed by atoms with Crippen molar-refractivity contribution in [3.05, 3.63) is 58.6 Å². The Hall–Kier alpha value is -2.41. The van der Waals surface area contributed by atoms with E-state index in [-0.39, 0.29) is 16.4 Å². The van der Waals surface area contributed by atoms with Gasteiger partial charge in [-0.05, 0) is 32.0 Å². The third-order valence-electron chi connectivity index (χ3n) is 3.89. The Labute approximate surface area is 144 Å². The molecule has 24 heavy (non-hydrogen) atoms. The molecule has 0 amide bonds. The summed E-state index contributed by atoms with van der Waals surface area (Å²) in [5.41, 5.74) is 1.88. The summed E-state index contributed by atoms with van der Waals surface area (Å²) in [5, 5.41) is 21.8. The van der Waals surface area contributed by atoms with Crippen molar-refractivity contribution in [2.45, 2.75) is 19.4 Å². The predicted octanol–water partition coefficient (Wildman–Crippen LogP) is 3.56. The van der Waals surface area contributed by atoms with Crippen molar-refractivity contribution in [1.29, 1.82) is 0 Å². The minimum Gasteiger partial charge on any atom is -0.478 e. The van der Waals surface area contributed by atoms with Gasteiger partial charge >= 0.3 is 5.97 Å². The first-order valence-electron chi connectivity index (χ1n) is 7.12. The smallest absolute Gasteiger partial charge is 0.337 e. The quantitative estimate of drug-likeness (QED) is 0.596. The number of aromatic carboxylic acids is 1. The molecule has 0 saturated heterocycles. The van der Waals surface area contributed by atoms with E-state index < -0.39 is 11.5 Å².